The number of aromatic nitrogens is 3. The molecule has 1 aromatic heterocycles. The highest BCUT2D eigenvalue weighted by atomic mass is 16.2. The Balaban J connectivity index is 1.37. The number of hydrogen-bond acceptors (Lipinski definition) is 5. The van der Waals surface area contributed by atoms with Gasteiger partial charge in [-0.15, -0.1) is 5.10 Å². The van der Waals surface area contributed by atoms with E-state index in [0.717, 1.165) is 11.3 Å². The van der Waals surface area contributed by atoms with Crippen LogP contribution in [0.25, 0.3) is 0 Å². The number of piperidine rings is 1. The maximum Gasteiger partial charge on any atom is 0.253 e. The van der Waals surface area contributed by atoms with Gasteiger partial charge in [0.2, 0.25) is 11.8 Å². The van der Waals surface area contributed by atoms with E-state index in [9.17, 15) is 14.4 Å². The topological polar surface area (TPSA) is 109 Å². The predicted molar refractivity (Wildman–Crippen MR) is 152 cm³/mol. The summed E-state index contributed by atoms with van der Waals surface area (Å²) >= 11 is 0. The largest absolute Gasteiger partial charge is 0.354 e. The zero-order chi connectivity index (χ0) is 28.1. The van der Waals surface area contributed by atoms with Crippen molar-refractivity contribution in [3.05, 3.63) is 83.2 Å². The molecule has 1 saturated heterocycles. The zero-order valence-corrected chi connectivity index (χ0v) is 23.3. The summed E-state index contributed by atoms with van der Waals surface area (Å²) in [6.45, 7) is 6.26. The molecule has 9 nitrogen and oxygen atoms in total. The molecule has 40 heavy (non-hydrogen) atoms. The van der Waals surface area contributed by atoms with Crippen molar-refractivity contribution >= 4 is 17.7 Å². The van der Waals surface area contributed by atoms with Crippen molar-refractivity contribution in [3.63, 3.8) is 0 Å². The van der Waals surface area contributed by atoms with Crippen LogP contribution in [0.1, 0.15) is 66.2 Å². The van der Waals surface area contributed by atoms with Crippen molar-refractivity contribution in [1.29, 1.82) is 0 Å². The van der Waals surface area contributed by atoms with Gasteiger partial charge in [0, 0.05) is 50.8 Å². The summed E-state index contributed by atoms with van der Waals surface area (Å²) in [4.78, 5) is 42.4. The molecule has 5 rings (SSSR count). The van der Waals surface area contributed by atoms with Crippen LogP contribution >= 0.6 is 0 Å². The Morgan fingerprint density at radius 1 is 1.02 bits per heavy atom. The zero-order valence-electron chi connectivity index (χ0n) is 23.3. The van der Waals surface area contributed by atoms with E-state index in [4.69, 9.17) is 0 Å². The van der Waals surface area contributed by atoms with Gasteiger partial charge in [-0.2, -0.15) is 0 Å². The molecule has 3 amide bonds. The highest BCUT2D eigenvalue weighted by Crippen LogP contribution is 2.36. The van der Waals surface area contributed by atoms with E-state index >= 15 is 0 Å². The molecular weight excluding hydrogens is 504 g/mol. The number of likely N-dealkylation sites (tertiary alicyclic amines) is 1. The second kappa shape index (κ2) is 12.0. The molecule has 2 aromatic carbocycles. The number of amides is 3. The summed E-state index contributed by atoms with van der Waals surface area (Å²) in [6.07, 6.45) is 4.36. The van der Waals surface area contributed by atoms with Gasteiger partial charge in [-0.3, -0.25) is 19.1 Å². The Hall–Kier alpha value is -4.01. The number of aryl methyl sites for hydroxylation is 1. The first-order chi connectivity index (χ1) is 19.3. The van der Waals surface area contributed by atoms with Crippen LogP contribution in [0, 0.1) is 5.41 Å². The summed E-state index contributed by atoms with van der Waals surface area (Å²) in [5.74, 6) is 0.00406. The lowest BCUT2D eigenvalue weighted by molar-refractivity contribution is -0.137. The van der Waals surface area contributed by atoms with Crippen molar-refractivity contribution in [2.75, 3.05) is 19.6 Å². The minimum Gasteiger partial charge on any atom is -0.354 e. The fraction of sp³-hybridized carbons (Fsp3) is 0.452. The predicted octanol–water partition coefficient (Wildman–Crippen LogP) is 3.11. The first kappa shape index (κ1) is 27.6. The Morgan fingerprint density at radius 3 is 2.45 bits per heavy atom. The van der Waals surface area contributed by atoms with Crippen molar-refractivity contribution in [2.45, 2.75) is 64.5 Å². The molecule has 0 radical (unpaired) electrons. The van der Waals surface area contributed by atoms with E-state index in [-0.39, 0.29) is 17.7 Å². The molecule has 1 fully saturated rings. The summed E-state index contributed by atoms with van der Waals surface area (Å²) in [5.41, 5.74) is 2.77. The Morgan fingerprint density at radius 2 is 1.75 bits per heavy atom. The van der Waals surface area contributed by atoms with E-state index in [2.05, 4.69) is 34.8 Å². The van der Waals surface area contributed by atoms with Gasteiger partial charge in [0.25, 0.3) is 5.91 Å². The third-order valence-electron chi connectivity index (χ3n) is 8.19. The quantitative estimate of drug-likeness (QED) is 0.527. The van der Waals surface area contributed by atoms with Gasteiger partial charge < -0.3 is 15.5 Å². The van der Waals surface area contributed by atoms with E-state index in [1.807, 2.05) is 65.7 Å². The number of fused-ring (bicyclic) bond motifs is 2. The fourth-order valence-corrected chi connectivity index (χ4v) is 5.64. The molecule has 2 aliphatic rings. The lowest BCUT2D eigenvalue weighted by Gasteiger charge is -2.41. The van der Waals surface area contributed by atoms with Crippen molar-refractivity contribution in [1.82, 2.24) is 30.5 Å². The average molecular weight is 543 g/mol. The van der Waals surface area contributed by atoms with Crippen LogP contribution in [0.5, 0.6) is 0 Å². The highest BCUT2D eigenvalue weighted by molar-refractivity contribution is 5.95. The van der Waals surface area contributed by atoms with Gasteiger partial charge in [0.05, 0.1) is 11.1 Å². The van der Waals surface area contributed by atoms with E-state index < -0.39 is 11.5 Å². The number of hydrogen-bond donors (Lipinski definition) is 2. The maximum absolute atomic E-state index is 14.1. The SMILES string of the molecule is CC(C)c1ccc(C(=O)N2CCC3(CC2)Cc2cn(nn2)CCCNC(=O)[C@H](Cc2ccccc2)NC3=O)cc1. The smallest absolute Gasteiger partial charge is 0.253 e. The number of carbonyl (C=O) groups excluding carboxylic acids is 3. The third-order valence-corrected chi connectivity index (χ3v) is 8.19. The van der Waals surface area contributed by atoms with Gasteiger partial charge in [-0.25, -0.2) is 0 Å². The van der Waals surface area contributed by atoms with Gasteiger partial charge >= 0.3 is 0 Å². The number of rotatable bonds is 4. The van der Waals surface area contributed by atoms with E-state index in [1.54, 1.807) is 4.68 Å². The molecule has 0 aliphatic carbocycles. The second-order valence-corrected chi connectivity index (χ2v) is 11.4. The summed E-state index contributed by atoms with van der Waals surface area (Å²) in [7, 11) is 0. The molecule has 3 aromatic rings. The van der Waals surface area contributed by atoms with E-state index in [1.165, 1.54) is 5.56 Å². The fourth-order valence-electron chi connectivity index (χ4n) is 5.64. The minimum absolute atomic E-state index is 0.0255. The summed E-state index contributed by atoms with van der Waals surface area (Å²) in [5, 5.41) is 14.7. The van der Waals surface area contributed by atoms with Crippen LogP contribution < -0.4 is 10.6 Å². The Bertz CT molecular complexity index is 1330. The van der Waals surface area contributed by atoms with Gasteiger partial charge in [-0.1, -0.05) is 61.5 Å². The number of nitrogens with zero attached hydrogens (tertiary/aromatic N) is 4. The average Bonchev–Trinajstić information content (AvgIpc) is 3.41. The summed E-state index contributed by atoms with van der Waals surface area (Å²) in [6, 6.07) is 16.8. The first-order valence-electron chi connectivity index (χ1n) is 14.2. The number of carbonyl (C=O) groups is 3. The van der Waals surface area contributed by atoms with Crippen molar-refractivity contribution in [3.8, 4) is 0 Å². The van der Waals surface area contributed by atoms with Crippen LogP contribution in [0.4, 0.5) is 0 Å². The Kier molecular flexibility index (Phi) is 8.28. The number of benzene rings is 2. The van der Waals surface area contributed by atoms with Crippen molar-refractivity contribution in [2.24, 2.45) is 5.41 Å². The normalized spacial score (nSPS) is 19.8. The molecule has 3 heterocycles. The minimum atomic E-state index is -0.803. The number of nitrogens with one attached hydrogen (secondary N) is 2. The molecule has 1 spiro atoms. The first-order valence-corrected chi connectivity index (χ1v) is 14.2. The molecule has 2 aliphatic heterocycles. The molecule has 210 valence electrons. The molecule has 0 saturated carbocycles. The summed E-state index contributed by atoms with van der Waals surface area (Å²) < 4.78 is 1.77. The monoisotopic (exact) mass is 542 g/mol. The van der Waals surface area contributed by atoms with E-state index in [0.29, 0.717) is 69.8 Å². The molecular formula is C31H38N6O3. The van der Waals surface area contributed by atoms with Crippen LogP contribution in [0.2, 0.25) is 0 Å². The molecule has 9 heteroatoms. The lowest BCUT2D eigenvalue weighted by Crippen LogP contribution is -2.56. The van der Waals surface area contributed by atoms with Crippen LogP contribution in [-0.4, -0.2) is 63.3 Å². The molecule has 1 atom stereocenters. The Labute approximate surface area is 235 Å². The van der Waals surface area contributed by atoms with Gasteiger partial charge in [-0.05, 0) is 48.4 Å². The molecule has 2 bridgehead atoms. The lowest BCUT2D eigenvalue weighted by atomic mass is 9.73. The third kappa shape index (κ3) is 6.24. The van der Waals surface area contributed by atoms with Crippen LogP contribution in [0.3, 0.4) is 0 Å². The van der Waals surface area contributed by atoms with Crippen LogP contribution in [-0.2, 0) is 29.0 Å². The van der Waals surface area contributed by atoms with Crippen LogP contribution in [0.15, 0.2) is 60.8 Å². The maximum atomic E-state index is 14.1. The van der Waals surface area contributed by atoms with Gasteiger partial charge in [0.1, 0.15) is 6.04 Å². The van der Waals surface area contributed by atoms with Gasteiger partial charge in [0.15, 0.2) is 0 Å². The second-order valence-electron chi connectivity index (χ2n) is 11.4. The molecule has 2 N–H and O–H groups in total. The molecule has 0 unspecified atom stereocenters. The standard InChI is InChI=1S/C31H38N6O3/c1-22(2)24-9-11-25(12-10-24)29(39)36-17-13-31(14-18-36)20-26-21-37(35-34-26)16-6-15-32-28(38)27(33-30(31)40)19-23-7-4-3-5-8-23/h3-5,7-12,21-22,27H,6,13-20H2,1-2H3,(H,32,38)(H,33,40)/t27-/m0/s1. The van der Waals surface area contributed by atoms with Crippen molar-refractivity contribution < 1.29 is 14.4 Å². The highest BCUT2D eigenvalue weighted by Gasteiger charge is 2.44.